The maximum Gasteiger partial charge on any atom is 0.317 e. The second-order valence-corrected chi connectivity index (χ2v) is 6.61. The molecule has 23 heavy (non-hydrogen) atoms. The molecular formula is C15H18Cl2N4O2. The van der Waals surface area contributed by atoms with Gasteiger partial charge in [0.15, 0.2) is 0 Å². The summed E-state index contributed by atoms with van der Waals surface area (Å²) < 4.78 is 0. The molecule has 2 aliphatic heterocycles. The van der Waals surface area contributed by atoms with Crippen LogP contribution in [0.4, 0.5) is 10.5 Å². The third kappa shape index (κ3) is 3.33. The van der Waals surface area contributed by atoms with E-state index in [0.717, 1.165) is 18.8 Å². The highest BCUT2D eigenvalue weighted by Crippen LogP contribution is 2.27. The Morgan fingerprint density at radius 1 is 1.17 bits per heavy atom. The van der Waals surface area contributed by atoms with Crippen LogP contribution in [0.3, 0.4) is 0 Å². The van der Waals surface area contributed by atoms with Crippen molar-refractivity contribution in [3.63, 3.8) is 0 Å². The number of likely N-dealkylation sites (N-methyl/N-ethyl adjacent to an activating group) is 1. The number of piperazine rings is 1. The summed E-state index contributed by atoms with van der Waals surface area (Å²) in [5, 5.41) is 3.77. The Labute approximate surface area is 144 Å². The number of carbonyl (C=O) groups excluding carboxylic acids is 2. The SMILES string of the molecule is CN1C[C@@H](C(=O)N2CCN(c3ccc(Cl)c(Cl)c3)CC2)NC1=O. The molecule has 0 unspecified atom stereocenters. The molecule has 3 amide bonds. The molecule has 1 aromatic carbocycles. The lowest BCUT2D eigenvalue weighted by Gasteiger charge is -2.37. The number of nitrogens with one attached hydrogen (secondary N) is 1. The smallest absolute Gasteiger partial charge is 0.317 e. The van der Waals surface area contributed by atoms with E-state index in [4.69, 9.17) is 23.2 Å². The fraction of sp³-hybridized carbons (Fsp3) is 0.467. The van der Waals surface area contributed by atoms with Gasteiger partial charge in [-0.25, -0.2) is 4.79 Å². The molecule has 0 radical (unpaired) electrons. The molecule has 1 aromatic rings. The maximum absolute atomic E-state index is 12.5. The monoisotopic (exact) mass is 356 g/mol. The zero-order chi connectivity index (χ0) is 16.6. The zero-order valence-corrected chi connectivity index (χ0v) is 14.3. The molecule has 2 aliphatic rings. The van der Waals surface area contributed by atoms with E-state index >= 15 is 0 Å². The number of hydrogen-bond donors (Lipinski definition) is 1. The lowest BCUT2D eigenvalue weighted by Crippen LogP contribution is -2.54. The lowest BCUT2D eigenvalue weighted by molar-refractivity contribution is -0.133. The summed E-state index contributed by atoms with van der Waals surface area (Å²) >= 11 is 12.0. The topological polar surface area (TPSA) is 55.9 Å². The summed E-state index contributed by atoms with van der Waals surface area (Å²) in [6.45, 7) is 3.11. The number of nitrogens with zero attached hydrogens (tertiary/aromatic N) is 3. The molecule has 1 atom stereocenters. The first-order valence-corrected chi connectivity index (χ1v) is 8.21. The van der Waals surface area contributed by atoms with Crippen molar-refractivity contribution in [1.82, 2.24) is 15.1 Å². The van der Waals surface area contributed by atoms with Crippen LogP contribution in [0.2, 0.25) is 10.0 Å². The number of benzene rings is 1. The van der Waals surface area contributed by atoms with E-state index in [0.29, 0.717) is 29.7 Å². The quantitative estimate of drug-likeness (QED) is 0.876. The van der Waals surface area contributed by atoms with E-state index in [-0.39, 0.29) is 11.9 Å². The van der Waals surface area contributed by atoms with Crippen LogP contribution in [0.15, 0.2) is 18.2 Å². The Kier molecular flexibility index (Phi) is 4.55. The van der Waals surface area contributed by atoms with E-state index in [1.165, 1.54) is 4.90 Å². The summed E-state index contributed by atoms with van der Waals surface area (Å²) in [5.41, 5.74) is 1.00. The van der Waals surface area contributed by atoms with Gasteiger partial charge in [-0.05, 0) is 18.2 Å². The number of hydrogen-bond acceptors (Lipinski definition) is 3. The van der Waals surface area contributed by atoms with Crippen molar-refractivity contribution in [2.75, 3.05) is 44.7 Å². The highest BCUT2D eigenvalue weighted by Gasteiger charge is 2.35. The zero-order valence-electron chi connectivity index (χ0n) is 12.8. The second kappa shape index (κ2) is 6.45. The van der Waals surface area contributed by atoms with Crippen molar-refractivity contribution in [3.8, 4) is 0 Å². The molecule has 0 saturated carbocycles. The van der Waals surface area contributed by atoms with Crippen molar-refractivity contribution in [1.29, 1.82) is 0 Å². The molecule has 0 aromatic heterocycles. The van der Waals surface area contributed by atoms with Crippen molar-refractivity contribution in [3.05, 3.63) is 28.2 Å². The molecule has 2 fully saturated rings. The van der Waals surface area contributed by atoms with Crippen molar-refractivity contribution < 1.29 is 9.59 Å². The molecule has 6 nitrogen and oxygen atoms in total. The second-order valence-electron chi connectivity index (χ2n) is 5.79. The largest absolute Gasteiger partial charge is 0.368 e. The summed E-state index contributed by atoms with van der Waals surface area (Å²) in [6, 6.07) is 4.91. The molecule has 3 rings (SSSR count). The van der Waals surface area contributed by atoms with Crippen LogP contribution >= 0.6 is 23.2 Å². The van der Waals surface area contributed by atoms with Gasteiger partial charge in [0, 0.05) is 38.9 Å². The average molecular weight is 357 g/mol. The first kappa shape index (κ1) is 16.2. The fourth-order valence-electron chi connectivity index (χ4n) is 2.89. The fourth-order valence-corrected chi connectivity index (χ4v) is 3.18. The summed E-state index contributed by atoms with van der Waals surface area (Å²) in [5.74, 6) is -0.0171. The first-order chi connectivity index (χ1) is 11.0. The highest BCUT2D eigenvalue weighted by atomic mass is 35.5. The molecule has 0 spiro atoms. The summed E-state index contributed by atoms with van der Waals surface area (Å²) in [4.78, 5) is 29.4. The molecule has 0 bridgehead atoms. The minimum absolute atomic E-state index is 0.0171. The average Bonchev–Trinajstić information content (AvgIpc) is 2.89. The van der Waals surface area contributed by atoms with Crippen LogP contribution in [0.1, 0.15) is 0 Å². The van der Waals surface area contributed by atoms with Crippen LogP contribution < -0.4 is 10.2 Å². The van der Waals surface area contributed by atoms with Crippen molar-refractivity contribution >= 4 is 40.8 Å². The van der Waals surface area contributed by atoms with E-state index in [9.17, 15) is 9.59 Å². The van der Waals surface area contributed by atoms with Gasteiger partial charge in [0.25, 0.3) is 0 Å². The normalized spacial score (nSPS) is 21.6. The maximum atomic E-state index is 12.5. The van der Waals surface area contributed by atoms with Gasteiger partial charge in [-0.1, -0.05) is 23.2 Å². The Bertz CT molecular complexity index is 632. The predicted molar refractivity (Wildman–Crippen MR) is 90.2 cm³/mol. The molecule has 124 valence electrons. The summed E-state index contributed by atoms with van der Waals surface area (Å²) in [6.07, 6.45) is 0. The minimum atomic E-state index is -0.441. The van der Waals surface area contributed by atoms with Gasteiger partial charge >= 0.3 is 6.03 Å². The van der Waals surface area contributed by atoms with Crippen LogP contribution in [-0.2, 0) is 4.79 Å². The van der Waals surface area contributed by atoms with Gasteiger partial charge in [0.2, 0.25) is 5.91 Å². The Balaban J connectivity index is 1.59. The number of carbonyl (C=O) groups is 2. The Hall–Kier alpha value is -1.66. The third-order valence-electron chi connectivity index (χ3n) is 4.26. The van der Waals surface area contributed by atoms with E-state index in [1.807, 2.05) is 12.1 Å². The van der Waals surface area contributed by atoms with Crippen molar-refractivity contribution in [2.45, 2.75) is 6.04 Å². The molecule has 8 heteroatoms. The number of halogens is 2. The minimum Gasteiger partial charge on any atom is -0.368 e. The predicted octanol–water partition coefficient (Wildman–Crippen LogP) is 1.67. The molecule has 1 N–H and O–H groups in total. The van der Waals surface area contributed by atoms with E-state index in [1.54, 1.807) is 18.0 Å². The Morgan fingerprint density at radius 3 is 2.43 bits per heavy atom. The number of urea groups is 1. The first-order valence-electron chi connectivity index (χ1n) is 7.46. The van der Waals surface area contributed by atoms with Crippen LogP contribution in [0.5, 0.6) is 0 Å². The summed E-state index contributed by atoms with van der Waals surface area (Å²) in [7, 11) is 1.69. The number of amides is 3. The molecule has 0 aliphatic carbocycles. The molecule has 2 saturated heterocycles. The van der Waals surface area contributed by atoms with Gasteiger partial charge in [0.1, 0.15) is 6.04 Å². The van der Waals surface area contributed by atoms with Crippen LogP contribution in [0.25, 0.3) is 0 Å². The number of rotatable bonds is 2. The van der Waals surface area contributed by atoms with E-state index in [2.05, 4.69) is 10.2 Å². The van der Waals surface area contributed by atoms with E-state index < -0.39 is 6.04 Å². The standard InChI is InChI=1S/C15H18Cl2N4O2/c1-19-9-13(18-15(19)23)14(22)21-6-4-20(5-7-21)10-2-3-11(16)12(17)8-10/h2-3,8,13H,4-7,9H2,1H3,(H,18,23)/t13-/m0/s1. The highest BCUT2D eigenvalue weighted by molar-refractivity contribution is 6.42. The molecule has 2 heterocycles. The number of anilines is 1. The van der Waals surface area contributed by atoms with Crippen molar-refractivity contribution in [2.24, 2.45) is 0 Å². The van der Waals surface area contributed by atoms with Crippen LogP contribution in [-0.4, -0.2) is 67.6 Å². The van der Waals surface area contributed by atoms with Gasteiger partial charge in [0.05, 0.1) is 16.6 Å². The Morgan fingerprint density at radius 2 is 1.87 bits per heavy atom. The molecular weight excluding hydrogens is 339 g/mol. The van der Waals surface area contributed by atoms with Gasteiger partial charge in [-0.2, -0.15) is 0 Å². The van der Waals surface area contributed by atoms with Gasteiger partial charge in [-0.15, -0.1) is 0 Å². The van der Waals surface area contributed by atoms with Gasteiger partial charge < -0.3 is 20.0 Å². The lowest BCUT2D eigenvalue weighted by atomic mass is 10.2. The van der Waals surface area contributed by atoms with Gasteiger partial charge in [-0.3, -0.25) is 4.79 Å². The third-order valence-corrected chi connectivity index (χ3v) is 5.00. The van der Waals surface area contributed by atoms with Crippen LogP contribution in [0, 0.1) is 0 Å².